The van der Waals surface area contributed by atoms with Gasteiger partial charge in [-0.1, -0.05) is 26.7 Å². The SMILES string of the molecule is CCCC.Cl.Cl.O=[PH+]O. The van der Waals surface area contributed by atoms with Crippen molar-refractivity contribution in [1.82, 2.24) is 0 Å². The normalized spacial score (nSPS) is 5.67. The second kappa shape index (κ2) is 38.1. The molecule has 0 fully saturated rings. The fourth-order valence-corrected chi connectivity index (χ4v) is 0. The molecule has 0 bridgehead atoms. The van der Waals surface area contributed by atoms with Crippen LogP contribution >= 0.6 is 33.5 Å². The van der Waals surface area contributed by atoms with E-state index < -0.39 is 8.69 Å². The molecule has 0 aromatic rings. The Labute approximate surface area is 70.1 Å². The zero-order chi connectivity index (χ0) is 6.12. The van der Waals surface area contributed by atoms with Gasteiger partial charge in [-0.05, 0) is 4.57 Å². The van der Waals surface area contributed by atoms with Crippen LogP contribution in [0.15, 0.2) is 0 Å². The highest BCUT2D eigenvalue weighted by molar-refractivity contribution is 7.16. The molecule has 2 nitrogen and oxygen atoms in total. The summed E-state index contributed by atoms with van der Waals surface area (Å²) in [4.78, 5) is 7.04. The van der Waals surface area contributed by atoms with Crippen LogP contribution in [0.3, 0.4) is 0 Å². The molecule has 1 N–H and O–H groups in total. The van der Waals surface area contributed by atoms with Gasteiger partial charge in [0.05, 0.1) is 0 Å². The highest BCUT2D eigenvalue weighted by Crippen LogP contribution is 1.76. The number of hydrogen-bond acceptors (Lipinski definition) is 1. The minimum Gasteiger partial charge on any atom is -0.162 e. The van der Waals surface area contributed by atoms with Gasteiger partial charge in [0.2, 0.25) is 0 Å². The molecular formula is C4H14Cl2O2P+. The summed E-state index contributed by atoms with van der Waals surface area (Å²) in [6, 6.07) is 0. The number of unbranched alkanes of at least 4 members (excludes halogenated alkanes) is 1. The number of hydrogen-bond donors (Lipinski definition) is 1. The van der Waals surface area contributed by atoms with Crippen LogP contribution in [0.25, 0.3) is 0 Å². The van der Waals surface area contributed by atoms with E-state index in [0.29, 0.717) is 0 Å². The molecule has 0 aliphatic heterocycles. The Bertz CT molecular complexity index is 35.7. The molecular weight excluding hydrogens is 182 g/mol. The van der Waals surface area contributed by atoms with Crippen LogP contribution in [0.1, 0.15) is 26.7 Å². The van der Waals surface area contributed by atoms with Gasteiger partial charge in [-0.15, -0.1) is 24.8 Å². The van der Waals surface area contributed by atoms with Crippen molar-refractivity contribution in [1.29, 1.82) is 0 Å². The minimum absolute atomic E-state index is 0. The van der Waals surface area contributed by atoms with E-state index in [0.717, 1.165) is 0 Å². The lowest BCUT2D eigenvalue weighted by atomic mass is 10.4. The summed E-state index contributed by atoms with van der Waals surface area (Å²) in [5.74, 6) is 0. The second-order valence-electron chi connectivity index (χ2n) is 1.09. The zero-order valence-corrected chi connectivity index (χ0v) is 8.22. The average Bonchev–Trinajstić information content (AvgIpc) is 1.69. The first kappa shape index (κ1) is 22.6. The summed E-state index contributed by atoms with van der Waals surface area (Å²) in [7, 11) is -1.17. The molecule has 0 aliphatic carbocycles. The van der Waals surface area contributed by atoms with Gasteiger partial charge < -0.3 is 0 Å². The summed E-state index contributed by atoms with van der Waals surface area (Å²) in [6.45, 7) is 4.36. The smallest absolute Gasteiger partial charge is 0.162 e. The Morgan fingerprint density at radius 3 is 1.33 bits per heavy atom. The Hall–Kier alpha value is 0.640. The van der Waals surface area contributed by atoms with Crippen LogP contribution in [0.2, 0.25) is 0 Å². The summed E-state index contributed by atoms with van der Waals surface area (Å²) >= 11 is 0. The van der Waals surface area contributed by atoms with E-state index in [1.807, 2.05) is 0 Å². The first-order valence-electron chi connectivity index (χ1n) is 2.34. The van der Waals surface area contributed by atoms with Crippen LogP contribution in [0, 0.1) is 0 Å². The molecule has 1 atom stereocenters. The minimum atomic E-state index is -1.17. The van der Waals surface area contributed by atoms with Crippen molar-refractivity contribution in [3.63, 3.8) is 0 Å². The third kappa shape index (κ3) is 142. The number of rotatable bonds is 1. The predicted octanol–water partition coefficient (Wildman–Crippen LogP) is 2.57. The van der Waals surface area contributed by atoms with Gasteiger partial charge in [0, 0.05) is 0 Å². The van der Waals surface area contributed by atoms with Gasteiger partial charge in [-0.2, -0.15) is 4.89 Å². The molecule has 0 saturated carbocycles. The largest absolute Gasteiger partial charge is 0.491 e. The monoisotopic (exact) mass is 195 g/mol. The summed E-state index contributed by atoms with van der Waals surface area (Å²) < 4.78 is 8.51. The van der Waals surface area contributed by atoms with E-state index in [4.69, 9.17) is 9.46 Å². The Kier molecular flexibility index (Phi) is 95.7. The maximum Gasteiger partial charge on any atom is 0.491 e. The maximum absolute atomic E-state index is 8.51. The van der Waals surface area contributed by atoms with Crippen molar-refractivity contribution < 1.29 is 9.46 Å². The van der Waals surface area contributed by atoms with Gasteiger partial charge in [-0.25, -0.2) is 0 Å². The molecule has 5 heteroatoms. The highest BCUT2D eigenvalue weighted by Gasteiger charge is 1.56. The van der Waals surface area contributed by atoms with Crippen LogP contribution in [0.4, 0.5) is 0 Å². The quantitative estimate of drug-likeness (QED) is 0.654. The van der Waals surface area contributed by atoms with Gasteiger partial charge >= 0.3 is 8.69 Å². The first-order valence-corrected chi connectivity index (χ1v) is 3.20. The lowest BCUT2D eigenvalue weighted by Gasteiger charge is -1.68. The van der Waals surface area contributed by atoms with Gasteiger partial charge in [-0.3, -0.25) is 0 Å². The topological polar surface area (TPSA) is 37.3 Å². The molecule has 0 aromatic carbocycles. The van der Waals surface area contributed by atoms with E-state index in [9.17, 15) is 0 Å². The van der Waals surface area contributed by atoms with Gasteiger partial charge in [0.1, 0.15) is 0 Å². The van der Waals surface area contributed by atoms with E-state index in [2.05, 4.69) is 13.8 Å². The second-order valence-corrected chi connectivity index (χ2v) is 1.27. The van der Waals surface area contributed by atoms with Crippen LogP contribution < -0.4 is 0 Å². The van der Waals surface area contributed by atoms with E-state index in [1.165, 1.54) is 12.8 Å². The molecule has 0 spiro atoms. The fraction of sp³-hybridized carbons (Fsp3) is 1.00. The van der Waals surface area contributed by atoms with Crippen LogP contribution in [0.5, 0.6) is 0 Å². The maximum atomic E-state index is 8.51. The van der Waals surface area contributed by atoms with Crippen molar-refractivity contribution in [3.05, 3.63) is 0 Å². The molecule has 0 amide bonds. The molecule has 9 heavy (non-hydrogen) atoms. The summed E-state index contributed by atoms with van der Waals surface area (Å²) in [5, 5.41) is 0. The highest BCUT2D eigenvalue weighted by atomic mass is 35.5. The molecule has 0 saturated heterocycles. The van der Waals surface area contributed by atoms with Crippen molar-refractivity contribution in [2.75, 3.05) is 0 Å². The molecule has 0 rings (SSSR count). The summed E-state index contributed by atoms with van der Waals surface area (Å²) in [5.41, 5.74) is 0. The third-order valence-electron chi connectivity index (χ3n) is 0.500. The van der Waals surface area contributed by atoms with E-state index >= 15 is 0 Å². The van der Waals surface area contributed by atoms with Crippen molar-refractivity contribution >= 4 is 33.5 Å². The fourth-order valence-electron chi connectivity index (χ4n) is 0. The Morgan fingerprint density at radius 1 is 1.22 bits per heavy atom. The standard InChI is InChI=1S/C4H10.2ClH.HO2P/c1-3-4-2;;;1-3-2/h3-4H2,1-2H3;2*1H;3H/p+1. The Morgan fingerprint density at radius 2 is 1.33 bits per heavy atom. The predicted molar refractivity (Wildman–Crippen MR) is 46.3 cm³/mol. The van der Waals surface area contributed by atoms with E-state index in [-0.39, 0.29) is 24.8 Å². The molecule has 0 radical (unpaired) electrons. The van der Waals surface area contributed by atoms with Gasteiger partial charge in [0.25, 0.3) is 0 Å². The average molecular weight is 196 g/mol. The lowest BCUT2D eigenvalue weighted by molar-refractivity contribution is 0.524. The molecule has 0 aromatic heterocycles. The van der Waals surface area contributed by atoms with Crippen LogP contribution in [-0.4, -0.2) is 4.89 Å². The first-order chi connectivity index (χ1) is 3.33. The lowest BCUT2D eigenvalue weighted by Crippen LogP contribution is -1.47. The van der Waals surface area contributed by atoms with Crippen molar-refractivity contribution in [3.8, 4) is 0 Å². The Balaban J connectivity index is -0.0000000233. The van der Waals surface area contributed by atoms with Gasteiger partial charge in [0.15, 0.2) is 0 Å². The molecule has 1 unspecified atom stereocenters. The number of halogens is 2. The molecule has 60 valence electrons. The zero-order valence-electron chi connectivity index (χ0n) is 5.59. The van der Waals surface area contributed by atoms with E-state index in [1.54, 1.807) is 0 Å². The van der Waals surface area contributed by atoms with Crippen molar-refractivity contribution in [2.45, 2.75) is 26.7 Å². The summed E-state index contributed by atoms with van der Waals surface area (Å²) in [6.07, 6.45) is 2.64. The van der Waals surface area contributed by atoms with Crippen LogP contribution in [-0.2, 0) is 4.57 Å². The van der Waals surface area contributed by atoms with Crippen molar-refractivity contribution in [2.24, 2.45) is 0 Å². The molecule has 0 heterocycles. The third-order valence-corrected chi connectivity index (χ3v) is 0.500. The molecule has 0 aliphatic rings.